The minimum atomic E-state index is -1.92. The Morgan fingerprint density at radius 3 is 2.46 bits per heavy atom. The van der Waals surface area contributed by atoms with E-state index in [9.17, 15) is 4.57 Å². The van der Waals surface area contributed by atoms with Gasteiger partial charge in [-0.05, 0) is 16.9 Å². The SMILES string of the molecule is CCC(C[P+](=O)O)C1CCCCC1. The fourth-order valence-corrected chi connectivity index (χ4v) is 3.38. The van der Waals surface area contributed by atoms with Crippen molar-refractivity contribution in [2.75, 3.05) is 6.16 Å². The molecule has 0 saturated heterocycles. The fourth-order valence-electron chi connectivity index (χ4n) is 2.42. The van der Waals surface area contributed by atoms with Gasteiger partial charge in [0.25, 0.3) is 0 Å². The molecule has 2 unspecified atom stereocenters. The average Bonchev–Trinajstić information content (AvgIpc) is 2.15. The normalized spacial score (nSPS) is 22.8. The van der Waals surface area contributed by atoms with E-state index in [1.807, 2.05) is 0 Å². The van der Waals surface area contributed by atoms with Crippen LogP contribution in [0.2, 0.25) is 0 Å². The van der Waals surface area contributed by atoms with Crippen molar-refractivity contribution in [3.8, 4) is 0 Å². The van der Waals surface area contributed by atoms with Crippen LogP contribution < -0.4 is 0 Å². The molecule has 0 aromatic heterocycles. The monoisotopic (exact) mass is 203 g/mol. The van der Waals surface area contributed by atoms with Gasteiger partial charge in [-0.2, -0.15) is 4.89 Å². The van der Waals surface area contributed by atoms with E-state index in [-0.39, 0.29) is 0 Å². The molecule has 0 aromatic carbocycles. The van der Waals surface area contributed by atoms with Crippen LogP contribution in [0.1, 0.15) is 45.4 Å². The second-order valence-electron chi connectivity index (χ2n) is 4.10. The number of hydrogen-bond donors (Lipinski definition) is 1. The van der Waals surface area contributed by atoms with Gasteiger partial charge in [0.15, 0.2) is 6.16 Å². The van der Waals surface area contributed by atoms with Crippen molar-refractivity contribution in [3.05, 3.63) is 0 Å². The summed E-state index contributed by atoms with van der Waals surface area (Å²) in [5.74, 6) is 1.22. The molecule has 1 rings (SSSR count). The fraction of sp³-hybridized carbons (Fsp3) is 1.00. The molecule has 1 N–H and O–H groups in total. The molecular formula is C10H20O2P+. The highest BCUT2D eigenvalue weighted by Gasteiger charge is 2.28. The van der Waals surface area contributed by atoms with Crippen molar-refractivity contribution >= 4 is 8.03 Å². The zero-order chi connectivity index (χ0) is 9.68. The highest BCUT2D eigenvalue weighted by Crippen LogP contribution is 2.35. The lowest BCUT2D eigenvalue weighted by molar-refractivity contribution is 0.257. The molecule has 2 nitrogen and oxygen atoms in total. The van der Waals surface area contributed by atoms with E-state index in [4.69, 9.17) is 4.89 Å². The summed E-state index contributed by atoms with van der Waals surface area (Å²) in [5, 5.41) is 0. The van der Waals surface area contributed by atoms with Crippen LogP contribution >= 0.6 is 8.03 Å². The highest BCUT2D eigenvalue weighted by atomic mass is 31.1. The van der Waals surface area contributed by atoms with E-state index < -0.39 is 8.03 Å². The Balaban J connectivity index is 2.39. The maximum Gasteiger partial charge on any atom is 0.505 e. The molecule has 1 fully saturated rings. The first-order chi connectivity index (χ1) is 6.24. The van der Waals surface area contributed by atoms with Crippen molar-refractivity contribution in [3.63, 3.8) is 0 Å². The van der Waals surface area contributed by atoms with Gasteiger partial charge in [0, 0.05) is 5.92 Å². The maximum atomic E-state index is 10.8. The quantitative estimate of drug-likeness (QED) is 0.711. The summed E-state index contributed by atoms with van der Waals surface area (Å²) in [7, 11) is -1.92. The van der Waals surface area contributed by atoms with Gasteiger partial charge in [0.1, 0.15) is 0 Å². The Morgan fingerprint density at radius 1 is 1.38 bits per heavy atom. The lowest BCUT2D eigenvalue weighted by Gasteiger charge is -2.26. The molecule has 1 saturated carbocycles. The van der Waals surface area contributed by atoms with Crippen LogP contribution in [0.4, 0.5) is 0 Å². The van der Waals surface area contributed by atoms with Crippen molar-refractivity contribution in [2.45, 2.75) is 45.4 Å². The summed E-state index contributed by atoms with van der Waals surface area (Å²) >= 11 is 0. The van der Waals surface area contributed by atoms with Gasteiger partial charge in [0.05, 0.1) is 0 Å². The summed E-state index contributed by atoms with van der Waals surface area (Å²) in [6.07, 6.45) is 8.15. The van der Waals surface area contributed by atoms with E-state index in [0.29, 0.717) is 12.1 Å². The first-order valence-corrected chi connectivity index (χ1v) is 6.77. The second-order valence-corrected chi connectivity index (χ2v) is 5.17. The van der Waals surface area contributed by atoms with Gasteiger partial charge >= 0.3 is 8.03 Å². The zero-order valence-electron chi connectivity index (χ0n) is 8.41. The number of hydrogen-bond acceptors (Lipinski definition) is 1. The Bertz CT molecular complexity index is 164. The first kappa shape index (κ1) is 11.1. The van der Waals surface area contributed by atoms with Crippen LogP contribution in [-0.4, -0.2) is 11.1 Å². The molecular weight excluding hydrogens is 183 g/mol. The van der Waals surface area contributed by atoms with Gasteiger partial charge in [-0.3, -0.25) is 0 Å². The Kier molecular flexibility index (Phi) is 4.90. The predicted molar refractivity (Wildman–Crippen MR) is 55.0 cm³/mol. The summed E-state index contributed by atoms with van der Waals surface area (Å²) in [4.78, 5) is 8.89. The van der Waals surface area contributed by atoms with Gasteiger partial charge in [-0.15, -0.1) is 0 Å². The molecule has 0 radical (unpaired) electrons. The maximum absolute atomic E-state index is 10.8. The predicted octanol–water partition coefficient (Wildman–Crippen LogP) is 3.33. The number of rotatable bonds is 4. The molecule has 76 valence electrons. The van der Waals surface area contributed by atoms with Crippen molar-refractivity contribution < 1.29 is 9.46 Å². The summed E-state index contributed by atoms with van der Waals surface area (Å²) in [6.45, 7) is 2.14. The van der Waals surface area contributed by atoms with Crippen LogP contribution in [0.15, 0.2) is 0 Å². The Labute approximate surface area is 81.6 Å². The molecule has 3 heteroatoms. The minimum absolute atomic E-state index is 0.494. The summed E-state index contributed by atoms with van der Waals surface area (Å²) in [5.41, 5.74) is 0. The average molecular weight is 203 g/mol. The summed E-state index contributed by atoms with van der Waals surface area (Å²) < 4.78 is 10.8. The van der Waals surface area contributed by atoms with Gasteiger partial charge in [-0.1, -0.05) is 39.0 Å². The van der Waals surface area contributed by atoms with Crippen molar-refractivity contribution in [2.24, 2.45) is 11.8 Å². The molecule has 0 heterocycles. The summed E-state index contributed by atoms with van der Waals surface area (Å²) in [6, 6.07) is 0. The molecule has 0 amide bonds. The third-order valence-corrected chi connectivity index (χ3v) is 4.01. The lowest BCUT2D eigenvalue weighted by Crippen LogP contribution is -2.19. The third-order valence-electron chi connectivity index (χ3n) is 3.23. The van der Waals surface area contributed by atoms with Gasteiger partial charge in [-0.25, -0.2) is 0 Å². The van der Waals surface area contributed by atoms with Crippen LogP contribution in [0.3, 0.4) is 0 Å². The van der Waals surface area contributed by atoms with Gasteiger partial charge < -0.3 is 0 Å². The van der Waals surface area contributed by atoms with E-state index in [1.165, 1.54) is 32.1 Å². The first-order valence-electron chi connectivity index (χ1n) is 5.37. The zero-order valence-corrected chi connectivity index (χ0v) is 9.30. The van der Waals surface area contributed by atoms with Crippen LogP contribution in [0, 0.1) is 11.8 Å². The molecule has 1 aliphatic carbocycles. The third kappa shape index (κ3) is 3.74. The standard InChI is InChI=1S/C10H19O2P/c1-2-9(8-13(11)12)10-6-4-3-5-7-10/h9-10H,2-8H2,1H3/p+1. The van der Waals surface area contributed by atoms with Crippen LogP contribution in [-0.2, 0) is 4.57 Å². The highest BCUT2D eigenvalue weighted by molar-refractivity contribution is 7.38. The largest absolute Gasteiger partial charge is 0.505 e. The van der Waals surface area contributed by atoms with Crippen molar-refractivity contribution in [1.29, 1.82) is 0 Å². The minimum Gasteiger partial charge on any atom is -0.161 e. The van der Waals surface area contributed by atoms with Crippen LogP contribution in [0.5, 0.6) is 0 Å². The topological polar surface area (TPSA) is 37.3 Å². The lowest BCUT2D eigenvalue weighted by atomic mass is 9.80. The van der Waals surface area contributed by atoms with E-state index in [0.717, 1.165) is 12.3 Å². The van der Waals surface area contributed by atoms with E-state index >= 15 is 0 Å². The van der Waals surface area contributed by atoms with Gasteiger partial charge in [0.2, 0.25) is 0 Å². The van der Waals surface area contributed by atoms with Crippen LogP contribution in [0.25, 0.3) is 0 Å². The Morgan fingerprint density at radius 2 is 2.00 bits per heavy atom. The molecule has 1 aliphatic rings. The molecule has 0 bridgehead atoms. The Hall–Kier alpha value is 0.0600. The molecule has 2 atom stereocenters. The van der Waals surface area contributed by atoms with E-state index in [2.05, 4.69) is 6.92 Å². The molecule has 0 aromatic rings. The smallest absolute Gasteiger partial charge is 0.161 e. The second kappa shape index (κ2) is 5.72. The van der Waals surface area contributed by atoms with E-state index in [1.54, 1.807) is 0 Å². The molecule has 13 heavy (non-hydrogen) atoms. The van der Waals surface area contributed by atoms with Crippen molar-refractivity contribution in [1.82, 2.24) is 0 Å². The molecule has 0 spiro atoms. The molecule has 0 aliphatic heterocycles.